The number of aromatic amines is 1. The molecular formula is C16H24N4. The summed E-state index contributed by atoms with van der Waals surface area (Å²) >= 11 is 0. The number of imidazole rings is 1. The first-order valence-corrected chi connectivity index (χ1v) is 8.32. The van der Waals surface area contributed by atoms with Crippen LogP contribution in [0.3, 0.4) is 0 Å². The summed E-state index contributed by atoms with van der Waals surface area (Å²) < 4.78 is 0. The molecule has 2 N–H and O–H groups in total. The molecule has 0 radical (unpaired) electrons. The molecule has 1 aromatic heterocycles. The van der Waals surface area contributed by atoms with Crippen LogP contribution in [0, 0.1) is 0 Å². The Morgan fingerprint density at radius 1 is 0.900 bits per heavy atom. The van der Waals surface area contributed by atoms with Gasteiger partial charge in [-0.3, -0.25) is 4.99 Å². The van der Waals surface area contributed by atoms with Crippen molar-refractivity contribution in [2.24, 2.45) is 4.99 Å². The number of hydrogen-bond acceptors (Lipinski definition) is 3. The molecule has 4 heteroatoms. The van der Waals surface area contributed by atoms with Crippen molar-refractivity contribution in [1.29, 1.82) is 0 Å². The van der Waals surface area contributed by atoms with E-state index in [2.05, 4.69) is 10.3 Å². The van der Waals surface area contributed by atoms with Crippen molar-refractivity contribution < 1.29 is 0 Å². The van der Waals surface area contributed by atoms with E-state index in [0.29, 0.717) is 12.1 Å². The number of H-pyrrole nitrogens is 1. The van der Waals surface area contributed by atoms with Crippen LogP contribution in [0.15, 0.2) is 4.99 Å². The molecule has 1 aromatic rings. The number of amidine groups is 1. The van der Waals surface area contributed by atoms with Gasteiger partial charge < -0.3 is 10.3 Å². The monoisotopic (exact) mass is 272 g/mol. The van der Waals surface area contributed by atoms with Crippen molar-refractivity contribution in [2.75, 3.05) is 0 Å². The molecule has 1 fully saturated rings. The number of aromatic nitrogens is 2. The average molecular weight is 272 g/mol. The third-order valence-corrected chi connectivity index (χ3v) is 5.03. The van der Waals surface area contributed by atoms with Crippen LogP contribution in [-0.2, 0) is 12.8 Å². The lowest BCUT2D eigenvalue weighted by Crippen LogP contribution is -2.34. The first-order chi connectivity index (χ1) is 9.90. The molecule has 2 heterocycles. The Labute approximate surface area is 120 Å². The lowest BCUT2D eigenvalue weighted by Gasteiger charge is -2.14. The number of rotatable bonds is 1. The predicted octanol–water partition coefficient (Wildman–Crippen LogP) is 2.73. The number of nitrogens with zero attached hydrogens (tertiary/aromatic N) is 2. The molecule has 0 aromatic carbocycles. The summed E-state index contributed by atoms with van der Waals surface area (Å²) in [7, 11) is 0. The van der Waals surface area contributed by atoms with Crippen molar-refractivity contribution in [2.45, 2.75) is 76.3 Å². The van der Waals surface area contributed by atoms with Crippen LogP contribution in [-0.4, -0.2) is 27.9 Å². The highest BCUT2D eigenvalue weighted by Crippen LogP contribution is 2.26. The van der Waals surface area contributed by atoms with E-state index < -0.39 is 0 Å². The highest BCUT2D eigenvalue weighted by molar-refractivity contribution is 5.97. The van der Waals surface area contributed by atoms with Gasteiger partial charge in [-0.15, -0.1) is 0 Å². The highest BCUT2D eigenvalue weighted by Gasteiger charge is 2.31. The van der Waals surface area contributed by atoms with E-state index in [1.165, 1.54) is 62.8 Å². The second-order valence-corrected chi connectivity index (χ2v) is 6.51. The highest BCUT2D eigenvalue weighted by atomic mass is 15.2. The number of hydrogen-bond donors (Lipinski definition) is 2. The molecule has 3 aliphatic rings. The van der Waals surface area contributed by atoms with Crippen LogP contribution >= 0.6 is 0 Å². The molecule has 0 bridgehead atoms. The third kappa shape index (κ3) is 2.25. The number of aliphatic imine (C=N–C) groups is 1. The first-order valence-electron chi connectivity index (χ1n) is 8.32. The molecular weight excluding hydrogens is 248 g/mol. The van der Waals surface area contributed by atoms with E-state index in [4.69, 9.17) is 9.98 Å². The van der Waals surface area contributed by atoms with Crippen molar-refractivity contribution in [3.63, 3.8) is 0 Å². The summed E-state index contributed by atoms with van der Waals surface area (Å²) in [6.45, 7) is 0. The Balaban J connectivity index is 1.57. The summed E-state index contributed by atoms with van der Waals surface area (Å²) in [6, 6.07) is 1.04. The van der Waals surface area contributed by atoms with Crippen LogP contribution in [0.5, 0.6) is 0 Å². The Morgan fingerprint density at radius 3 is 2.75 bits per heavy atom. The summed E-state index contributed by atoms with van der Waals surface area (Å²) in [6.07, 6.45) is 12.7. The standard InChI is InChI=1S/C16H24N4/c1-3-7-11-12(8-4-1)18-15(17-11)16-19-13-9-5-2-6-10-14(13)20-16/h11-12H,1-10H2,(H,17,18)(H,19,20). The van der Waals surface area contributed by atoms with Crippen molar-refractivity contribution in [3.8, 4) is 0 Å². The molecule has 108 valence electrons. The zero-order valence-corrected chi connectivity index (χ0v) is 12.1. The smallest absolute Gasteiger partial charge is 0.173 e. The molecule has 4 nitrogen and oxygen atoms in total. The van der Waals surface area contributed by atoms with Gasteiger partial charge in [0, 0.05) is 5.69 Å². The maximum Gasteiger partial charge on any atom is 0.173 e. The van der Waals surface area contributed by atoms with Gasteiger partial charge in [0.2, 0.25) is 0 Å². The Hall–Kier alpha value is -1.32. The molecule has 1 saturated carbocycles. The van der Waals surface area contributed by atoms with Crippen LogP contribution in [0.2, 0.25) is 0 Å². The minimum Gasteiger partial charge on any atom is -0.362 e. The molecule has 20 heavy (non-hydrogen) atoms. The van der Waals surface area contributed by atoms with E-state index in [1.807, 2.05) is 0 Å². The normalized spacial score (nSPS) is 29.7. The fraction of sp³-hybridized carbons (Fsp3) is 0.750. The minimum absolute atomic E-state index is 0.484. The molecule has 0 spiro atoms. The first kappa shape index (κ1) is 12.4. The zero-order valence-electron chi connectivity index (χ0n) is 12.1. The zero-order chi connectivity index (χ0) is 13.4. The second-order valence-electron chi connectivity index (χ2n) is 6.51. The quantitative estimate of drug-likeness (QED) is 0.772. The van der Waals surface area contributed by atoms with E-state index in [-0.39, 0.29) is 0 Å². The maximum atomic E-state index is 4.92. The van der Waals surface area contributed by atoms with Gasteiger partial charge in [0.05, 0.1) is 17.8 Å². The number of aryl methyl sites for hydroxylation is 2. The lowest BCUT2D eigenvalue weighted by molar-refractivity contribution is 0.499. The molecule has 4 rings (SSSR count). The fourth-order valence-corrected chi connectivity index (χ4v) is 3.86. The van der Waals surface area contributed by atoms with Crippen LogP contribution < -0.4 is 5.32 Å². The van der Waals surface area contributed by atoms with E-state index in [0.717, 1.165) is 24.5 Å². The Bertz CT molecular complexity index is 493. The number of nitrogens with one attached hydrogen (secondary N) is 2. The number of fused-ring (bicyclic) bond motifs is 2. The van der Waals surface area contributed by atoms with Crippen LogP contribution in [0.4, 0.5) is 0 Å². The largest absolute Gasteiger partial charge is 0.362 e. The lowest BCUT2D eigenvalue weighted by atomic mass is 10.1. The summed E-state index contributed by atoms with van der Waals surface area (Å²) in [4.78, 5) is 13.3. The topological polar surface area (TPSA) is 53.1 Å². The van der Waals surface area contributed by atoms with Gasteiger partial charge in [-0.2, -0.15) is 0 Å². The van der Waals surface area contributed by atoms with Gasteiger partial charge >= 0.3 is 0 Å². The average Bonchev–Trinajstić information content (AvgIpc) is 2.89. The molecule has 1 aliphatic heterocycles. The molecule has 0 saturated heterocycles. The van der Waals surface area contributed by atoms with Gasteiger partial charge in [0.1, 0.15) is 0 Å². The second kappa shape index (κ2) is 5.23. The summed E-state index contributed by atoms with van der Waals surface area (Å²) in [5, 5.41) is 3.63. The Morgan fingerprint density at radius 2 is 1.75 bits per heavy atom. The fourth-order valence-electron chi connectivity index (χ4n) is 3.86. The van der Waals surface area contributed by atoms with Gasteiger partial charge in [-0.25, -0.2) is 4.98 Å². The van der Waals surface area contributed by atoms with Gasteiger partial charge in [0.15, 0.2) is 11.7 Å². The van der Waals surface area contributed by atoms with Crippen molar-refractivity contribution >= 4 is 5.84 Å². The maximum absolute atomic E-state index is 4.92. The van der Waals surface area contributed by atoms with Crippen molar-refractivity contribution in [1.82, 2.24) is 15.3 Å². The molecule has 2 unspecified atom stereocenters. The predicted molar refractivity (Wildman–Crippen MR) is 80.2 cm³/mol. The molecule has 2 atom stereocenters. The SMILES string of the molecule is C1CCc2nc(C3=NC4CCCCCC4N3)[nH]c2CC1. The van der Waals surface area contributed by atoms with Crippen LogP contribution in [0.1, 0.15) is 68.6 Å². The van der Waals surface area contributed by atoms with Gasteiger partial charge in [-0.1, -0.05) is 25.7 Å². The van der Waals surface area contributed by atoms with Crippen molar-refractivity contribution in [3.05, 3.63) is 17.2 Å². The molecule has 0 amide bonds. The van der Waals surface area contributed by atoms with Crippen LogP contribution in [0.25, 0.3) is 0 Å². The van der Waals surface area contributed by atoms with Gasteiger partial charge in [0.25, 0.3) is 0 Å². The Kier molecular flexibility index (Phi) is 3.25. The van der Waals surface area contributed by atoms with E-state index in [9.17, 15) is 0 Å². The van der Waals surface area contributed by atoms with E-state index in [1.54, 1.807) is 0 Å². The third-order valence-electron chi connectivity index (χ3n) is 5.03. The van der Waals surface area contributed by atoms with E-state index >= 15 is 0 Å². The summed E-state index contributed by atoms with van der Waals surface area (Å²) in [5.41, 5.74) is 2.64. The molecule has 2 aliphatic carbocycles. The summed E-state index contributed by atoms with van der Waals surface area (Å²) in [5.74, 6) is 2.01. The minimum atomic E-state index is 0.484. The van der Waals surface area contributed by atoms with Gasteiger partial charge in [-0.05, 0) is 38.5 Å².